The number of nitrogens with one attached hydrogen (secondary N) is 1. The minimum atomic E-state index is -3.77. The van der Waals surface area contributed by atoms with Gasteiger partial charge in [-0.2, -0.15) is 0 Å². The first-order chi connectivity index (χ1) is 16.1. The van der Waals surface area contributed by atoms with Crippen molar-refractivity contribution in [1.82, 2.24) is 10.2 Å². The molecule has 2 aromatic rings. The first kappa shape index (κ1) is 28.1. The van der Waals surface area contributed by atoms with Gasteiger partial charge in [-0.3, -0.25) is 13.9 Å². The molecule has 0 aliphatic carbocycles. The van der Waals surface area contributed by atoms with E-state index < -0.39 is 28.5 Å². The molecule has 0 bridgehead atoms. The van der Waals surface area contributed by atoms with E-state index in [9.17, 15) is 18.0 Å². The van der Waals surface area contributed by atoms with Crippen LogP contribution in [0.5, 0.6) is 0 Å². The Kier molecular flexibility index (Phi) is 10.9. The second-order valence-electron chi connectivity index (χ2n) is 7.97. The lowest BCUT2D eigenvalue weighted by Gasteiger charge is -2.33. The highest BCUT2D eigenvalue weighted by Gasteiger charge is 2.31. The lowest BCUT2D eigenvalue weighted by atomic mass is 10.1. The largest absolute Gasteiger partial charge is 0.354 e. The molecule has 0 saturated carbocycles. The fourth-order valence-corrected chi connectivity index (χ4v) is 4.81. The summed E-state index contributed by atoms with van der Waals surface area (Å²) in [6.45, 7) is 4.09. The Labute approximate surface area is 215 Å². The minimum Gasteiger partial charge on any atom is -0.354 e. The number of rotatable bonds is 12. The number of carbonyl (C=O) groups is 2. The zero-order valence-electron chi connectivity index (χ0n) is 19.6. The highest BCUT2D eigenvalue weighted by atomic mass is 79.9. The van der Waals surface area contributed by atoms with Gasteiger partial charge in [0.1, 0.15) is 12.6 Å². The van der Waals surface area contributed by atoms with Gasteiger partial charge < -0.3 is 10.2 Å². The van der Waals surface area contributed by atoms with Crippen molar-refractivity contribution in [3.63, 3.8) is 0 Å². The molecule has 2 aromatic carbocycles. The van der Waals surface area contributed by atoms with Crippen molar-refractivity contribution in [1.29, 1.82) is 0 Å². The summed E-state index contributed by atoms with van der Waals surface area (Å²) in [4.78, 5) is 28.0. The average molecular weight is 573 g/mol. The number of hydrogen-bond acceptors (Lipinski definition) is 4. The third kappa shape index (κ3) is 8.29. The molecule has 0 aliphatic rings. The van der Waals surface area contributed by atoms with Crippen LogP contribution in [-0.2, 0) is 26.2 Å². The van der Waals surface area contributed by atoms with Crippen molar-refractivity contribution in [3.8, 4) is 0 Å². The first-order valence-corrected chi connectivity index (χ1v) is 14.1. The van der Waals surface area contributed by atoms with Gasteiger partial charge >= 0.3 is 0 Å². The van der Waals surface area contributed by atoms with E-state index in [4.69, 9.17) is 11.6 Å². The molecule has 0 spiro atoms. The Morgan fingerprint density at radius 1 is 1.12 bits per heavy atom. The number of anilines is 1. The molecule has 0 aliphatic heterocycles. The summed E-state index contributed by atoms with van der Waals surface area (Å²) in [5, 5.41) is 3.45. The third-order valence-corrected chi connectivity index (χ3v) is 7.14. The molecule has 0 heterocycles. The van der Waals surface area contributed by atoms with E-state index in [1.165, 1.54) is 4.90 Å². The smallest absolute Gasteiger partial charge is 0.244 e. The summed E-state index contributed by atoms with van der Waals surface area (Å²) in [5.41, 5.74) is 1.14. The Morgan fingerprint density at radius 3 is 2.35 bits per heavy atom. The van der Waals surface area contributed by atoms with Crippen molar-refractivity contribution < 1.29 is 18.0 Å². The molecule has 1 unspecified atom stereocenters. The van der Waals surface area contributed by atoms with E-state index in [0.29, 0.717) is 28.1 Å². The molecule has 34 heavy (non-hydrogen) atoms. The van der Waals surface area contributed by atoms with Crippen LogP contribution in [0.1, 0.15) is 38.7 Å². The summed E-state index contributed by atoms with van der Waals surface area (Å²) in [5.74, 6) is -0.732. The molecule has 2 amide bonds. The van der Waals surface area contributed by atoms with Crippen molar-refractivity contribution in [3.05, 3.63) is 63.6 Å². The topological polar surface area (TPSA) is 86.8 Å². The molecule has 7 nitrogen and oxygen atoms in total. The lowest BCUT2D eigenvalue weighted by molar-refractivity contribution is -0.140. The number of nitrogens with zero attached hydrogens (tertiary/aromatic N) is 2. The average Bonchev–Trinajstić information content (AvgIpc) is 2.78. The number of amides is 2. The Balaban J connectivity index is 2.39. The van der Waals surface area contributed by atoms with Gasteiger partial charge in [0.05, 0.1) is 11.9 Å². The number of halogens is 2. The molecular formula is C24H31BrClN3O4S. The Hall–Kier alpha value is -2.10. The second-order valence-corrected chi connectivity index (χ2v) is 11.2. The number of hydrogen-bond donors (Lipinski definition) is 1. The maximum atomic E-state index is 13.6. The zero-order chi connectivity index (χ0) is 25.3. The van der Waals surface area contributed by atoms with Gasteiger partial charge in [0.15, 0.2) is 0 Å². The van der Waals surface area contributed by atoms with E-state index in [1.807, 2.05) is 13.8 Å². The summed E-state index contributed by atoms with van der Waals surface area (Å²) in [6.07, 6.45) is 3.20. The van der Waals surface area contributed by atoms with E-state index >= 15 is 0 Å². The van der Waals surface area contributed by atoms with Crippen LogP contribution in [0.2, 0.25) is 5.02 Å². The normalized spacial score (nSPS) is 12.1. The van der Waals surface area contributed by atoms with Gasteiger partial charge in [0, 0.05) is 22.6 Å². The maximum Gasteiger partial charge on any atom is 0.244 e. The molecule has 0 radical (unpaired) electrons. The van der Waals surface area contributed by atoms with Gasteiger partial charge in [-0.15, -0.1) is 0 Å². The standard InChI is InChI=1S/C24H31BrClN3O4S/c1-4-6-14-27-24(31)22(5-2)28(16-18-10-12-20(26)13-11-18)23(30)17-29(34(3,32)33)21-9-7-8-19(25)15-21/h7-13,15,22H,4-6,14,16-17H2,1-3H3,(H,27,31). The summed E-state index contributed by atoms with van der Waals surface area (Å²) in [7, 11) is -3.77. The van der Waals surface area contributed by atoms with Crippen LogP contribution in [0.25, 0.3) is 0 Å². The predicted molar refractivity (Wildman–Crippen MR) is 140 cm³/mol. The van der Waals surface area contributed by atoms with Gasteiger partial charge in [-0.05, 0) is 48.7 Å². The van der Waals surface area contributed by atoms with Crippen LogP contribution in [0.4, 0.5) is 5.69 Å². The van der Waals surface area contributed by atoms with E-state index in [-0.39, 0.29) is 12.5 Å². The Morgan fingerprint density at radius 2 is 1.79 bits per heavy atom. The molecule has 186 valence electrons. The number of unbranched alkanes of at least 4 members (excludes halogenated alkanes) is 1. The number of sulfonamides is 1. The molecule has 2 rings (SSSR count). The Bertz CT molecular complexity index is 1080. The SMILES string of the molecule is CCCCNC(=O)C(CC)N(Cc1ccc(Cl)cc1)C(=O)CN(c1cccc(Br)c1)S(C)(=O)=O. The minimum absolute atomic E-state index is 0.145. The van der Waals surface area contributed by atoms with Crippen LogP contribution in [0.3, 0.4) is 0 Å². The summed E-state index contributed by atoms with van der Waals surface area (Å²) >= 11 is 9.35. The highest BCUT2D eigenvalue weighted by Crippen LogP contribution is 2.23. The highest BCUT2D eigenvalue weighted by molar-refractivity contribution is 9.10. The van der Waals surface area contributed by atoms with Crippen molar-refractivity contribution in [2.75, 3.05) is 23.7 Å². The number of benzene rings is 2. The fraction of sp³-hybridized carbons (Fsp3) is 0.417. The van der Waals surface area contributed by atoms with Gasteiger partial charge in [0.25, 0.3) is 0 Å². The number of carbonyl (C=O) groups excluding carboxylic acids is 2. The fourth-order valence-electron chi connectivity index (χ4n) is 3.46. The third-order valence-electron chi connectivity index (χ3n) is 5.26. The molecular weight excluding hydrogens is 542 g/mol. The quantitative estimate of drug-likeness (QED) is 0.377. The molecule has 0 aromatic heterocycles. The monoisotopic (exact) mass is 571 g/mol. The molecule has 1 atom stereocenters. The maximum absolute atomic E-state index is 13.6. The molecule has 0 fully saturated rings. The van der Waals surface area contributed by atoms with Crippen LogP contribution in [-0.4, -0.2) is 50.5 Å². The van der Waals surface area contributed by atoms with Crippen LogP contribution >= 0.6 is 27.5 Å². The van der Waals surface area contributed by atoms with Gasteiger partial charge in [0.2, 0.25) is 21.8 Å². The van der Waals surface area contributed by atoms with Crippen molar-refractivity contribution in [2.45, 2.75) is 45.7 Å². The van der Waals surface area contributed by atoms with E-state index in [0.717, 1.165) is 29.0 Å². The predicted octanol–water partition coefficient (Wildman–Crippen LogP) is 4.59. The van der Waals surface area contributed by atoms with Crippen molar-refractivity contribution in [2.24, 2.45) is 0 Å². The first-order valence-electron chi connectivity index (χ1n) is 11.1. The van der Waals surface area contributed by atoms with E-state index in [1.54, 1.807) is 48.5 Å². The van der Waals surface area contributed by atoms with E-state index in [2.05, 4.69) is 21.2 Å². The lowest BCUT2D eigenvalue weighted by Crippen LogP contribution is -2.52. The summed E-state index contributed by atoms with van der Waals surface area (Å²) < 4.78 is 26.9. The molecule has 1 N–H and O–H groups in total. The van der Waals surface area contributed by atoms with Crippen LogP contribution < -0.4 is 9.62 Å². The van der Waals surface area contributed by atoms with Gasteiger partial charge in [-0.25, -0.2) is 8.42 Å². The summed E-state index contributed by atoms with van der Waals surface area (Å²) in [6, 6.07) is 13.0. The van der Waals surface area contributed by atoms with Crippen LogP contribution in [0, 0.1) is 0 Å². The van der Waals surface area contributed by atoms with Crippen LogP contribution in [0.15, 0.2) is 53.0 Å². The second kappa shape index (κ2) is 13.1. The molecule has 10 heteroatoms. The molecule has 0 saturated heterocycles. The zero-order valence-corrected chi connectivity index (χ0v) is 22.8. The van der Waals surface area contributed by atoms with Gasteiger partial charge in [-0.1, -0.05) is 66.0 Å². The van der Waals surface area contributed by atoms with Crippen molar-refractivity contribution >= 4 is 55.1 Å².